The Balaban J connectivity index is 1.91. The van der Waals surface area contributed by atoms with Gasteiger partial charge in [-0.2, -0.15) is 5.06 Å². The van der Waals surface area contributed by atoms with Crippen molar-refractivity contribution in [1.82, 2.24) is 5.06 Å². The predicted molar refractivity (Wildman–Crippen MR) is 81.5 cm³/mol. The number of benzene rings is 1. The molecule has 1 aliphatic rings. The molecule has 114 valence electrons. The zero-order valence-corrected chi connectivity index (χ0v) is 12.4. The zero-order valence-electron chi connectivity index (χ0n) is 12.4. The largest absolute Gasteiger partial charge is 0.443 e. The Kier molecular flexibility index (Phi) is 6.28. The van der Waals surface area contributed by atoms with Gasteiger partial charge in [0.1, 0.15) is 6.61 Å². The van der Waals surface area contributed by atoms with Gasteiger partial charge >= 0.3 is 6.09 Å². The maximum absolute atomic E-state index is 12.3. The second kappa shape index (κ2) is 8.47. The molecule has 0 unspecified atom stereocenters. The SMILES string of the molecule is C=CCON(C(=O)OCc1ccccc1)C1CCCCC1. The molecule has 1 fully saturated rings. The lowest BCUT2D eigenvalue weighted by Gasteiger charge is -2.31. The molecule has 2 rings (SSSR count). The van der Waals surface area contributed by atoms with Crippen molar-refractivity contribution < 1.29 is 14.4 Å². The summed E-state index contributed by atoms with van der Waals surface area (Å²) in [5, 5.41) is 1.41. The average molecular weight is 289 g/mol. The van der Waals surface area contributed by atoms with Crippen LogP contribution in [0.15, 0.2) is 43.0 Å². The first-order chi connectivity index (χ1) is 10.3. The normalized spacial score (nSPS) is 15.4. The molecule has 0 radical (unpaired) electrons. The number of carbonyl (C=O) groups excluding carboxylic acids is 1. The fourth-order valence-electron chi connectivity index (χ4n) is 2.54. The molecule has 1 amide bonds. The maximum atomic E-state index is 12.3. The number of amides is 1. The van der Waals surface area contributed by atoms with E-state index in [9.17, 15) is 4.79 Å². The molecule has 1 saturated carbocycles. The Morgan fingerprint density at radius 3 is 2.62 bits per heavy atom. The van der Waals surface area contributed by atoms with Gasteiger partial charge in [0.05, 0.1) is 12.6 Å². The maximum Gasteiger partial charge on any atom is 0.434 e. The van der Waals surface area contributed by atoms with Crippen LogP contribution in [-0.2, 0) is 16.2 Å². The van der Waals surface area contributed by atoms with E-state index in [1.54, 1.807) is 6.08 Å². The molecule has 0 bridgehead atoms. The van der Waals surface area contributed by atoms with Gasteiger partial charge in [0.2, 0.25) is 0 Å². The highest BCUT2D eigenvalue weighted by Crippen LogP contribution is 2.23. The first-order valence-corrected chi connectivity index (χ1v) is 7.55. The first kappa shape index (κ1) is 15.6. The number of hydroxylamine groups is 2. The van der Waals surface area contributed by atoms with E-state index in [1.165, 1.54) is 11.5 Å². The van der Waals surface area contributed by atoms with Crippen LogP contribution in [-0.4, -0.2) is 23.8 Å². The third kappa shape index (κ3) is 4.90. The van der Waals surface area contributed by atoms with Crippen molar-refractivity contribution in [2.45, 2.75) is 44.8 Å². The van der Waals surface area contributed by atoms with E-state index < -0.39 is 6.09 Å². The molecule has 0 spiro atoms. The number of rotatable bonds is 6. The molecular formula is C17H23NO3. The van der Waals surface area contributed by atoms with Crippen molar-refractivity contribution >= 4 is 6.09 Å². The van der Waals surface area contributed by atoms with E-state index in [4.69, 9.17) is 9.57 Å². The summed E-state index contributed by atoms with van der Waals surface area (Å²) >= 11 is 0. The fourth-order valence-corrected chi connectivity index (χ4v) is 2.54. The topological polar surface area (TPSA) is 38.8 Å². The molecule has 4 heteroatoms. The molecule has 0 atom stereocenters. The van der Waals surface area contributed by atoms with Crippen molar-refractivity contribution in [2.75, 3.05) is 6.61 Å². The molecule has 1 aromatic carbocycles. The summed E-state index contributed by atoms with van der Waals surface area (Å²) in [4.78, 5) is 17.8. The lowest BCUT2D eigenvalue weighted by atomic mass is 9.95. The van der Waals surface area contributed by atoms with Crippen LogP contribution in [0.4, 0.5) is 4.79 Å². The standard InChI is InChI=1S/C17H23NO3/c1-2-13-21-18(16-11-7-4-8-12-16)17(19)20-14-15-9-5-3-6-10-15/h2-3,5-6,9-10,16H,1,4,7-8,11-14H2. The Bertz CT molecular complexity index is 441. The Hall–Kier alpha value is -1.81. The summed E-state index contributed by atoms with van der Waals surface area (Å²) < 4.78 is 5.37. The average Bonchev–Trinajstić information content (AvgIpc) is 2.55. The van der Waals surface area contributed by atoms with Gasteiger partial charge in [-0.25, -0.2) is 4.79 Å². The van der Waals surface area contributed by atoms with E-state index in [-0.39, 0.29) is 12.6 Å². The van der Waals surface area contributed by atoms with Crippen LogP contribution in [0.5, 0.6) is 0 Å². The highest BCUT2D eigenvalue weighted by molar-refractivity contribution is 5.66. The highest BCUT2D eigenvalue weighted by atomic mass is 16.7. The number of carbonyl (C=O) groups is 1. The molecular weight excluding hydrogens is 266 g/mol. The predicted octanol–water partition coefficient (Wildman–Crippen LogP) is 4.08. The third-order valence-electron chi connectivity index (χ3n) is 3.62. The summed E-state index contributed by atoms with van der Waals surface area (Å²) in [6.07, 6.45) is 6.66. The van der Waals surface area contributed by atoms with E-state index >= 15 is 0 Å². The quantitative estimate of drug-likeness (QED) is 0.585. The molecule has 1 aromatic rings. The summed E-state index contributed by atoms with van der Waals surface area (Å²) in [5.74, 6) is 0. The monoisotopic (exact) mass is 289 g/mol. The van der Waals surface area contributed by atoms with Crippen LogP contribution >= 0.6 is 0 Å². The van der Waals surface area contributed by atoms with Gasteiger partial charge in [0, 0.05) is 0 Å². The second-order valence-electron chi connectivity index (χ2n) is 5.24. The van der Waals surface area contributed by atoms with E-state index in [0.29, 0.717) is 6.61 Å². The van der Waals surface area contributed by atoms with Gasteiger partial charge in [-0.05, 0) is 18.4 Å². The molecule has 0 heterocycles. The minimum absolute atomic E-state index is 0.113. The number of hydrogen-bond acceptors (Lipinski definition) is 3. The Morgan fingerprint density at radius 2 is 1.95 bits per heavy atom. The molecule has 0 aliphatic heterocycles. The van der Waals surface area contributed by atoms with Gasteiger partial charge in [0.25, 0.3) is 0 Å². The van der Waals surface area contributed by atoms with Gasteiger partial charge in [-0.1, -0.05) is 55.7 Å². The Morgan fingerprint density at radius 1 is 1.24 bits per heavy atom. The van der Waals surface area contributed by atoms with Crippen molar-refractivity contribution in [3.8, 4) is 0 Å². The van der Waals surface area contributed by atoms with Gasteiger partial charge in [0.15, 0.2) is 0 Å². The summed E-state index contributed by atoms with van der Waals surface area (Å²) in [6.45, 7) is 4.21. The van der Waals surface area contributed by atoms with Gasteiger partial charge in [-0.15, -0.1) is 6.58 Å². The van der Waals surface area contributed by atoms with E-state index in [0.717, 1.165) is 31.2 Å². The summed E-state index contributed by atoms with van der Waals surface area (Å²) in [7, 11) is 0. The van der Waals surface area contributed by atoms with Crippen molar-refractivity contribution in [3.05, 3.63) is 48.6 Å². The van der Waals surface area contributed by atoms with Gasteiger partial charge < -0.3 is 4.74 Å². The van der Waals surface area contributed by atoms with Crippen molar-refractivity contribution in [3.63, 3.8) is 0 Å². The zero-order chi connectivity index (χ0) is 14.9. The summed E-state index contributed by atoms with van der Waals surface area (Å²) in [5.41, 5.74) is 0.971. The first-order valence-electron chi connectivity index (χ1n) is 7.55. The highest BCUT2D eigenvalue weighted by Gasteiger charge is 2.27. The minimum Gasteiger partial charge on any atom is -0.443 e. The number of nitrogens with zero attached hydrogens (tertiary/aromatic N) is 1. The smallest absolute Gasteiger partial charge is 0.434 e. The van der Waals surface area contributed by atoms with Crippen molar-refractivity contribution in [1.29, 1.82) is 0 Å². The number of hydrogen-bond donors (Lipinski definition) is 0. The third-order valence-corrected chi connectivity index (χ3v) is 3.62. The lowest BCUT2D eigenvalue weighted by Crippen LogP contribution is -2.41. The lowest BCUT2D eigenvalue weighted by molar-refractivity contribution is -0.159. The Labute approximate surface area is 126 Å². The number of ether oxygens (including phenoxy) is 1. The fraction of sp³-hybridized carbons (Fsp3) is 0.471. The van der Waals surface area contributed by atoms with Crippen LogP contribution in [0, 0.1) is 0 Å². The van der Waals surface area contributed by atoms with Crippen LogP contribution in [0.3, 0.4) is 0 Å². The molecule has 21 heavy (non-hydrogen) atoms. The van der Waals surface area contributed by atoms with E-state index in [2.05, 4.69) is 6.58 Å². The molecule has 4 nitrogen and oxygen atoms in total. The summed E-state index contributed by atoms with van der Waals surface area (Å²) in [6, 6.07) is 9.77. The molecule has 1 aliphatic carbocycles. The van der Waals surface area contributed by atoms with Crippen molar-refractivity contribution in [2.24, 2.45) is 0 Å². The van der Waals surface area contributed by atoms with Crippen LogP contribution in [0.1, 0.15) is 37.7 Å². The second-order valence-corrected chi connectivity index (χ2v) is 5.24. The van der Waals surface area contributed by atoms with E-state index in [1.807, 2.05) is 30.3 Å². The molecule has 0 aromatic heterocycles. The van der Waals surface area contributed by atoms with Crippen LogP contribution in [0.2, 0.25) is 0 Å². The minimum atomic E-state index is -0.410. The van der Waals surface area contributed by atoms with Crippen LogP contribution < -0.4 is 0 Å². The van der Waals surface area contributed by atoms with Gasteiger partial charge in [-0.3, -0.25) is 4.84 Å². The molecule has 0 N–H and O–H groups in total. The molecule has 0 saturated heterocycles. The van der Waals surface area contributed by atoms with Crippen LogP contribution in [0.25, 0.3) is 0 Å².